The smallest absolute Gasteiger partial charge is 0.378 e. The molecule has 0 unspecified atom stereocenters. The fourth-order valence-corrected chi connectivity index (χ4v) is 3.22. The van der Waals surface area contributed by atoms with Gasteiger partial charge in [-0.3, -0.25) is 4.79 Å². The highest BCUT2D eigenvalue weighted by atomic mass is 19.4. The number of nitrogens with zero attached hydrogens (tertiary/aromatic N) is 2. The second-order valence-corrected chi connectivity index (χ2v) is 6.91. The van der Waals surface area contributed by atoms with Gasteiger partial charge in [0.15, 0.2) is 0 Å². The zero-order valence-electron chi connectivity index (χ0n) is 16.2. The summed E-state index contributed by atoms with van der Waals surface area (Å²) in [6.45, 7) is 3.26. The minimum atomic E-state index is -4.41. The number of halogens is 3. The van der Waals surface area contributed by atoms with E-state index in [-0.39, 0.29) is 18.1 Å². The Hall–Kier alpha value is -2.74. The lowest BCUT2D eigenvalue weighted by atomic mass is 10.1. The van der Waals surface area contributed by atoms with E-state index >= 15 is 0 Å². The number of nitrogens with one attached hydrogen (secondary N) is 1. The molecular formula is C21H24F3N3O2. The van der Waals surface area contributed by atoms with Gasteiger partial charge < -0.3 is 19.9 Å². The Morgan fingerprint density at radius 1 is 1.14 bits per heavy atom. The van der Waals surface area contributed by atoms with Gasteiger partial charge in [0.25, 0.3) is 0 Å². The molecule has 0 spiro atoms. The molecule has 1 fully saturated rings. The Labute approximate surface area is 168 Å². The highest BCUT2D eigenvalue weighted by Gasteiger charge is 2.30. The standard InChI is InChI=1S/C21H24F3N3O2/c1-26(15-16-5-2-3-8-19(16)27-9-11-29-12-10-27)20(28)14-25-18-7-4-6-17(13-18)21(22,23)24/h2-8,13,25H,9-12,14-15H2,1H3. The van der Waals surface area contributed by atoms with Gasteiger partial charge in [-0.05, 0) is 29.8 Å². The van der Waals surface area contributed by atoms with Crippen LogP contribution in [0.15, 0.2) is 48.5 Å². The molecule has 0 bridgehead atoms. The monoisotopic (exact) mass is 407 g/mol. The topological polar surface area (TPSA) is 44.8 Å². The fraction of sp³-hybridized carbons (Fsp3) is 0.381. The molecule has 1 saturated heterocycles. The van der Waals surface area contributed by atoms with E-state index in [1.807, 2.05) is 24.3 Å². The molecule has 1 heterocycles. The first-order valence-electron chi connectivity index (χ1n) is 9.40. The maximum absolute atomic E-state index is 12.8. The summed E-state index contributed by atoms with van der Waals surface area (Å²) in [6.07, 6.45) is -4.41. The van der Waals surface area contributed by atoms with Crippen LogP contribution in [0.25, 0.3) is 0 Å². The average Bonchev–Trinajstić information content (AvgIpc) is 2.72. The third kappa shape index (κ3) is 5.63. The Balaban J connectivity index is 1.60. The van der Waals surface area contributed by atoms with Crippen LogP contribution in [0.4, 0.5) is 24.5 Å². The maximum atomic E-state index is 12.8. The molecule has 3 rings (SSSR count). The van der Waals surface area contributed by atoms with Crippen LogP contribution >= 0.6 is 0 Å². The van der Waals surface area contributed by atoms with E-state index in [0.717, 1.165) is 36.5 Å². The van der Waals surface area contributed by atoms with Crippen molar-refractivity contribution in [1.82, 2.24) is 4.90 Å². The zero-order valence-corrected chi connectivity index (χ0v) is 16.2. The van der Waals surface area contributed by atoms with Crippen LogP contribution in [0.3, 0.4) is 0 Å². The molecule has 0 saturated carbocycles. The maximum Gasteiger partial charge on any atom is 0.416 e. The minimum absolute atomic E-state index is 0.0858. The fourth-order valence-electron chi connectivity index (χ4n) is 3.22. The number of rotatable bonds is 6. The van der Waals surface area contributed by atoms with Crippen LogP contribution in [0.5, 0.6) is 0 Å². The summed E-state index contributed by atoms with van der Waals surface area (Å²) >= 11 is 0. The summed E-state index contributed by atoms with van der Waals surface area (Å²) in [5, 5.41) is 2.78. The largest absolute Gasteiger partial charge is 0.416 e. The molecule has 156 valence electrons. The molecular weight excluding hydrogens is 383 g/mol. The number of carbonyl (C=O) groups excluding carboxylic acids is 1. The number of likely N-dealkylation sites (N-methyl/N-ethyl adjacent to an activating group) is 1. The van der Waals surface area contributed by atoms with E-state index in [2.05, 4.69) is 10.2 Å². The van der Waals surface area contributed by atoms with Crippen molar-refractivity contribution in [2.24, 2.45) is 0 Å². The molecule has 8 heteroatoms. The predicted octanol–water partition coefficient (Wildman–Crippen LogP) is 3.61. The lowest BCUT2D eigenvalue weighted by molar-refractivity contribution is -0.137. The summed E-state index contributed by atoms with van der Waals surface area (Å²) in [4.78, 5) is 16.3. The SMILES string of the molecule is CN(Cc1ccccc1N1CCOCC1)C(=O)CNc1cccc(C(F)(F)F)c1. The number of carbonyl (C=O) groups is 1. The van der Waals surface area contributed by atoms with Crippen molar-refractivity contribution < 1.29 is 22.7 Å². The molecule has 0 aliphatic carbocycles. The summed E-state index contributed by atoms with van der Waals surface area (Å²) < 4.78 is 43.8. The lowest BCUT2D eigenvalue weighted by Crippen LogP contribution is -2.37. The third-order valence-corrected chi connectivity index (χ3v) is 4.81. The predicted molar refractivity (Wildman–Crippen MR) is 106 cm³/mol. The van der Waals surface area contributed by atoms with Gasteiger partial charge in [-0.15, -0.1) is 0 Å². The van der Waals surface area contributed by atoms with E-state index < -0.39 is 11.7 Å². The van der Waals surface area contributed by atoms with Crippen molar-refractivity contribution in [1.29, 1.82) is 0 Å². The molecule has 0 aromatic heterocycles. The van der Waals surface area contributed by atoms with Crippen molar-refractivity contribution in [2.45, 2.75) is 12.7 Å². The molecule has 0 atom stereocenters. The van der Waals surface area contributed by atoms with E-state index in [0.29, 0.717) is 19.8 Å². The normalized spacial score (nSPS) is 14.6. The number of alkyl halides is 3. The molecule has 29 heavy (non-hydrogen) atoms. The number of para-hydroxylation sites is 1. The molecule has 2 aromatic rings. The number of ether oxygens (including phenoxy) is 1. The van der Waals surface area contributed by atoms with Crippen LogP contribution in [0, 0.1) is 0 Å². The zero-order chi connectivity index (χ0) is 20.9. The van der Waals surface area contributed by atoms with E-state index in [1.54, 1.807) is 11.9 Å². The van der Waals surface area contributed by atoms with Gasteiger partial charge in [0, 0.05) is 38.1 Å². The van der Waals surface area contributed by atoms with Crippen molar-refractivity contribution in [3.05, 3.63) is 59.7 Å². The molecule has 1 aliphatic rings. The van der Waals surface area contributed by atoms with Crippen molar-refractivity contribution in [2.75, 3.05) is 50.1 Å². The van der Waals surface area contributed by atoms with Crippen molar-refractivity contribution in [3.63, 3.8) is 0 Å². The second-order valence-electron chi connectivity index (χ2n) is 6.91. The summed E-state index contributed by atoms with van der Waals surface area (Å²) in [7, 11) is 1.69. The van der Waals surface area contributed by atoms with Gasteiger partial charge in [-0.1, -0.05) is 24.3 Å². The third-order valence-electron chi connectivity index (χ3n) is 4.81. The lowest BCUT2D eigenvalue weighted by Gasteiger charge is -2.31. The number of hydrogen-bond donors (Lipinski definition) is 1. The molecule has 0 radical (unpaired) electrons. The van der Waals surface area contributed by atoms with Crippen LogP contribution in [-0.2, 0) is 22.3 Å². The molecule has 5 nitrogen and oxygen atoms in total. The number of benzene rings is 2. The van der Waals surface area contributed by atoms with Gasteiger partial charge in [0.1, 0.15) is 0 Å². The van der Waals surface area contributed by atoms with Gasteiger partial charge >= 0.3 is 6.18 Å². The number of hydrogen-bond acceptors (Lipinski definition) is 4. The van der Waals surface area contributed by atoms with Gasteiger partial charge in [-0.25, -0.2) is 0 Å². The first kappa shape index (κ1) is 21.0. The summed E-state index contributed by atoms with van der Waals surface area (Å²) in [5.74, 6) is -0.209. The first-order chi connectivity index (χ1) is 13.8. The highest BCUT2D eigenvalue weighted by Crippen LogP contribution is 2.30. The Kier molecular flexibility index (Phi) is 6.64. The quantitative estimate of drug-likeness (QED) is 0.795. The van der Waals surface area contributed by atoms with Gasteiger partial charge in [0.05, 0.1) is 25.3 Å². The van der Waals surface area contributed by atoms with Crippen LogP contribution in [-0.4, -0.2) is 50.7 Å². The average molecular weight is 407 g/mol. The van der Waals surface area contributed by atoms with Crippen molar-refractivity contribution in [3.8, 4) is 0 Å². The van der Waals surface area contributed by atoms with Crippen molar-refractivity contribution >= 4 is 17.3 Å². The number of anilines is 2. The highest BCUT2D eigenvalue weighted by molar-refractivity contribution is 5.80. The summed E-state index contributed by atoms with van der Waals surface area (Å²) in [5.41, 5.74) is 1.60. The van der Waals surface area contributed by atoms with Crippen LogP contribution < -0.4 is 10.2 Å². The molecule has 2 aromatic carbocycles. The first-order valence-corrected chi connectivity index (χ1v) is 9.40. The molecule has 1 N–H and O–H groups in total. The van der Waals surface area contributed by atoms with Crippen LogP contribution in [0.1, 0.15) is 11.1 Å². The number of morpholine rings is 1. The van der Waals surface area contributed by atoms with E-state index in [4.69, 9.17) is 4.74 Å². The number of amides is 1. The summed E-state index contributed by atoms with van der Waals surface area (Å²) in [6, 6.07) is 12.7. The molecule has 1 amide bonds. The Morgan fingerprint density at radius 3 is 2.59 bits per heavy atom. The van der Waals surface area contributed by atoms with Gasteiger partial charge in [0.2, 0.25) is 5.91 Å². The Morgan fingerprint density at radius 2 is 1.86 bits per heavy atom. The van der Waals surface area contributed by atoms with E-state index in [9.17, 15) is 18.0 Å². The molecule has 1 aliphatic heterocycles. The van der Waals surface area contributed by atoms with Crippen LogP contribution in [0.2, 0.25) is 0 Å². The minimum Gasteiger partial charge on any atom is -0.378 e. The van der Waals surface area contributed by atoms with E-state index in [1.165, 1.54) is 12.1 Å². The second kappa shape index (κ2) is 9.17. The van der Waals surface area contributed by atoms with Gasteiger partial charge in [-0.2, -0.15) is 13.2 Å². The Bertz CT molecular complexity index is 836.